The molecule has 0 aromatic heterocycles. The molecule has 0 spiro atoms. The molecule has 1 atom stereocenters. The Morgan fingerprint density at radius 3 is 2.89 bits per heavy atom. The SMILES string of the molecule is CCOc1cccc2c1OC[C@H](NS(=O)(=O)c1ccc3c(c1)CCC(=O)N3)C2. The van der Waals surface area contributed by atoms with Crippen LogP contribution < -0.4 is 19.5 Å². The maximum atomic E-state index is 12.9. The molecular weight excluding hydrogens is 380 g/mol. The Hall–Kier alpha value is -2.58. The van der Waals surface area contributed by atoms with E-state index in [1.165, 1.54) is 6.07 Å². The van der Waals surface area contributed by atoms with Crippen molar-refractivity contribution >= 4 is 21.6 Å². The van der Waals surface area contributed by atoms with Crippen LogP contribution in [0.3, 0.4) is 0 Å². The van der Waals surface area contributed by atoms with Gasteiger partial charge in [-0.05, 0) is 55.2 Å². The first-order valence-electron chi connectivity index (χ1n) is 9.29. The number of sulfonamides is 1. The van der Waals surface area contributed by atoms with E-state index in [0.717, 1.165) is 11.1 Å². The van der Waals surface area contributed by atoms with Gasteiger partial charge in [0, 0.05) is 12.1 Å². The van der Waals surface area contributed by atoms with Gasteiger partial charge in [-0.25, -0.2) is 13.1 Å². The van der Waals surface area contributed by atoms with Gasteiger partial charge in [-0.1, -0.05) is 12.1 Å². The van der Waals surface area contributed by atoms with Gasteiger partial charge < -0.3 is 14.8 Å². The molecule has 4 rings (SSSR count). The fourth-order valence-electron chi connectivity index (χ4n) is 3.55. The number of hydrogen-bond acceptors (Lipinski definition) is 5. The Morgan fingerprint density at radius 2 is 2.07 bits per heavy atom. The van der Waals surface area contributed by atoms with Crippen molar-refractivity contribution in [3.8, 4) is 11.5 Å². The fourth-order valence-corrected chi connectivity index (χ4v) is 4.82. The van der Waals surface area contributed by atoms with Crippen LogP contribution in [-0.2, 0) is 27.7 Å². The first-order chi connectivity index (χ1) is 13.5. The molecule has 2 aromatic carbocycles. The number of hydrogen-bond donors (Lipinski definition) is 2. The molecule has 2 aliphatic rings. The Morgan fingerprint density at radius 1 is 1.21 bits per heavy atom. The number of fused-ring (bicyclic) bond motifs is 2. The molecule has 0 saturated heterocycles. The van der Waals surface area contributed by atoms with E-state index in [9.17, 15) is 13.2 Å². The van der Waals surface area contributed by atoms with E-state index < -0.39 is 10.0 Å². The lowest BCUT2D eigenvalue weighted by Crippen LogP contribution is -2.42. The minimum atomic E-state index is -3.70. The van der Waals surface area contributed by atoms with Crippen LogP contribution in [0.15, 0.2) is 41.3 Å². The van der Waals surface area contributed by atoms with E-state index in [2.05, 4.69) is 10.0 Å². The molecule has 148 valence electrons. The van der Waals surface area contributed by atoms with E-state index in [1.807, 2.05) is 25.1 Å². The lowest BCUT2D eigenvalue weighted by molar-refractivity contribution is -0.116. The summed E-state index contributed by atoms with van der Waals surface area (Å²) in [6, 6.07) is 10.0. The number of carbonyl (C=O) groups is 1. The first kappa shape index (κ1) is 18.8. The highest BCUT2D eigenvalue weighted by Crippen LogP contribution is 2.35. The Bertz CT molecular complexity index is 1020. The summed E-state index contributed by atoms with van der Waals surface area (Å²) in [4.78, 5) is 11.7. The van der Waals surface area contributed by atoms with E-state index in [4.69, 9.17) is 9.47 Å². The summed E-state index contributed by atoms with van der Waals surface area (Å²) in [6.07, 6.45) is 1.42. The second kappa shape index (κ2) is 7.44. The van der Waals surface area contributed by atoms with Crippen LogP contribution in [0.1, 0.15) is 24.5 Å². The van der Waals surface area contributed by atoms with Gasteiger partial charge in [0.2, 0.25) is 15.9 Å². The van der Waals surface area contributed by atoms with Gasteiger partial charge in [-0.3, -0.25) is 4.79 Å². The van der Waals surface area contributed by atoms with Gasteiger partial charge in [0.25, 0.3) is 0 Å². The third kappa shape index (κ3) is 3.70. The van der Waals surface area contributed by atoms with Crippen LogP contribution in [0.25, 0.3) is 0 Å². The molecule has 7 nitrogen and oxygen atoms in total. The third-order valence-corrected chi connectivity index (χ3v) is 6.38. The highest BCUT2D eigenvalue weighted by molar-refractivity contribution is 7.89. The zero-order valence-electron chi connectivity index (χ0n) is 15.5. The smallest absolute Gasteiger partial charge is 0.240 e. The minimum absolute atomic E-state index is 0.0503. The number of para-hydroxylation sites is 1. The van der Waals surface area contributed by atoms with Gasteiger partial charge in [0.15, 0.2) is 11.5 Å². The van der Waals surface area contributed by atoms with Crippen molar-refractivity contribution < 1.29 is 22.7 Å². The number of nitrogens with one attached hydrogen (secondary N) is 2. The molecule has 0 aliphatic carbocycles. The standard InChI is InChI=1S/C20H22N2O5S/c1-2-26-18-5-3-4-14-10-15(12-27-20(14)18)22-28(24,25)16-7-8-17-13(11-16)6-9-19(23)21-17/h3-5,7-8,11,15,22H,2,6,9-10,12H2,1H3,(H,21,23)/t15-/m1/s1. The number of benzene rings is 2. The number of ether oxygens (including phenoxy) is 2. The van der Waals surface area contributed by atoms with Crippen molar-refractivity contribution in [3.63, 3.8) is 0 Å². The van der Waals surface area contributed by atoms with Crippen molar-refractivity contribution in [2.24, 2.45) is 0 Å². The second-order valence-corrected chi connectivity index (χ2v) is 8.59. The first-order valence-corrected chi connectivity index (χ1v) is 10.8. The normalized spacial score (nSPS) is 18.5. The topological polar surface area (TPSA) is 93.7 Å². The summed E-state index contributed by atoms with van der Waals surface area (Å²) in [5.41, 5.74) is 2.42. The predicted molar refractivity (Wildman–Crippen MR) is 104 cm³/mol. The zero-order chi connectivity index (χ0) is 19.7. The summed E-state index contributed by atoms with van der Waals surface area (Å²) < 4.78 is 39.8. The van der Waals surface area contributed by atoms with Crippen molar-refractivity contribution in [2.45, 2.75) is 37.1 Å². The van der Waals surface area contributed by atoms with Crippen molar-refractivity contribution in [1.29, 1.82) is 0 Å². The largest absolute Gasteiger partial charge is 0.490 e. The molecular formula is C20H22N2O5S. The van der Waals surface area contributed by atoms with E-state index >= 15 is 0 Å². The average molecular weight is 402 g/mol. The zero-order valence-corrected chi connectivity index (χ0v) is 16.3. The molecule has 0 radical (unpaired) electrons. The quantitative estimate of drug-likeness (QED) is 0.800. The lowest BCUT2D eigenvalue weighted by Gasteiger charge is -2.27. The fraction of sp³-hybridized carbons (Fsp3) is 0.350. The molecule has 2 aliphatic heterocycles. The van der Waals surface area contributed by atoms with Crippen LogP contribution in [0.2, 0.25) is 0 Å². The molecule has 8 heteroatoms. The Labute approximate surface area is 164 Å². The molecule has 1 amide bonds. The maximum absolute atomic E-state index is 12.9. The van der Waals surface area contributed by atoms with Gasteiger partial charge >= 0.3 is 0 Å². The van der Waals surface area contributed by atoms with Gasteiger partial charge in [-0.15, -0.1) is 0 Å². The molecule has 0 bridgehead atoms. The Balaban J connectivity index is 1.51. The Kier molecular flexibility index (Phi) is 4.99. The van der Waals surface area contributed by atoms with E-state index in [0.29, 0.717) is 43.1 Å². The van der Waals surface area contributed by atoms with Crippen molar-refractivity contribution in [3.05, 3.63) is 47.5 Å². The minimum Gasteiger partial charge on any atom is -0.490 e. The maximum Gasteiger partial charge on any atom is 0.240 e. The molecule has 2 N–H and O–H groups in total. The van der Waals surface area contributed by atoms with Crippen LogP contribution in [0, 0.1) is 0 Å². The van der Waals surface area contributed by atoms with Crippen LogP contribution in [0.5, 0.6) is 11.5 Å². The summed E-state index contributed by atoms with van der Waals surface area (Å²) in [6.45, 7) is 2.68. The molecule has 0 fully saturated rings. The molecule has 2 heterocycles. The van der Waals surface area contributed by atoms with Crippen LogP contribution in [-0.4, -0.2) is 33.6 Å². The number of rotatable bonds is 5. The van der Waals surface area contributed by atoms with Gasteiger partial charge in [0.05, 0.1) is 17.5 Å². The van der Waals surface area contributed by atoms with E-state index in [-0.39, 0.29) is 23.5 Å². The lowest BCUT2D eigenvalue weighted by atomic mass is 10.0. The summed E-state index contributed by atoms with van der Waals surface area (Å²) in [5.74, 6) is 1.31. The summed E-state index contributed by atoms with van der Waals surface area (Å²) >= 11 is 0. The summed E-state index contributed by atoms with van der Waals surface area (Å²) in [5, 5.41) is 2.76. The van der Waals surface area contributed by atoms with Crippen molar-refractivity contribution in [2.75, 3.05) is 18.5 Å². The number of amides is 1. The van der Waals surface area contributed by atoms with Crippen LogP contribution in [0.4, 0.5) is 5.69 Å². The van der Waals surface area contributed by atoms with E-state index in [1.54, 1.807) is 12.1 Å². The highest BCUT2D eigenvalue weighted by Gasteiger charge is 2.28. The number of anilines is 1. The van der Waals surface area contributed by atoms with Gasteiger partial charge in [-0.2, -0.15) is 0 Å². The highest BCUT2D eigenvalue weighted by atomic mass is 32.2. The predicted octanol–water partition coefficient (Wildman–Crippen LogP) is 2.25. The third-order valence-electron chi connectivity index (χ3n) is 4.86. The molecule has 0 unspecified atom stereocenters. The van der Waals surface area contributed by atoms with Crippen LogP contribution >= 0.6 is 0 Å². The summed E-state index contributed by atoms with van der Waals surface area (Å²) in [7, 11) is -3.70. The number of carbonyl (C=O) groups excluding carboxylic acids is 1. The second-order valence-electron chi connectivity index (χ2n) is 6.88. The average Bonchev–Trinajstić information content (AvgIpc) is 2.67. The molecule has 2 aromatic rings. The van der Waals surface area contributed by atoms with Gasteiger partial charge in [0.1, 0.15) is 6.61 Å². The number of aryl methyl sites for hydroxylation is 1. The van der Waals surface area contributed by atoms with Crippen molar-refractivity contribution in [1.82, 2.24) is 4.72 Å². The molecule has 0 saturated carbocycles. The monoisotopic (exact) mass is 402 g/mol. The molecule has 28 heavy (non-hydrogen) atoms.